The number of benzene rings is 1. The Hall–Kier alpha value is -2.30. The van der Waals surface area contributed by atoms with Crippen molar-refractivity contribution in [3.8, 4) is 6.07 Å². The van der Waals surface area contributed by atoms with Crippen molar-refractivity contribution in [3.63, 3.8) is 0 Å². The number of nitrogens with one attached hydrogen (secondary N) is 1. The van der Waals surface area contributed by atoms with Gasteiger partial charge in [0.15, 0.2) is 0 Å². The average Bonchev–Trinajstić information content (AvgIpc) is 2.30. The van der Waals surface area contributed by atoms with Crippen molar-refractivity contribution >= 4 is 11.8 Å². The first-order valence-corrected chi connectivity index (χ1v) is 5.04. The molecule has 1 N–H and O–H groups in total. The summed E-state index contributed by atoms with van der Waals surface area (Å²) in [5.74, 6) is -1.36. The SMILES string of the molecule is CCOC(=O)Nc1c(F)cc(C(F)(F)F)cc1C#N. The van der Waals surface area contributed by atoms with Crippen LogP contribution in [0.3, 0.4) is 0 Å². The number of anilines is 1. The van der Waals surface area contributed by atoms with Gasteiger partial charge in [0.1, 0.15) is 11.9 Å². The molecule has 0 saturated heterocycles. The van der Waals surface area contributed by atoms with E-state index in [-0.39, 0.29) is 12.7 Å². The van der Waals surface area contributed by atoms with Crippen LogP contribution < -0.4 is 5.32 Å². The van der Waals surface area contributed by atoms with Crippen molar-refractivity contribution < 1.29 is 27.1 Å². The number of carbonyl (C=O) groups excluding carboxylic acids is 1. The molecular formula is C11H8F4N2O2. The molecule has 0 heterocycles. The highest BCUT2D eigenvalue weighted by molar-refractivity contribution is 5.86. The van der Waals surface area contributed by atoms with Crippen molar-refractivity contribution in [2.24, 2.45) is 0 Å². The number of hydrogen-bond acceptors (Lipinski definition) is 3. The Bertz CT molecular complexity index is 535. The maximum Gasteiger partial charge on any atom is 0.416 e. The maximum atomic E-state index is 13.5. The summed E-state index contributed by atoms with van der Waals surface area (Å²) in [5, 5.41) is 10.6. The van der Waals surface area contributed by atoms with Crippen LogP contribution in [-0.4, -0.2) is 12.7 Å². The second-order valence-corrected chi connectivity index (χ2v) is 3.34. The van der Waals surface area contributed by atoms with E-state index in [1.807, 2.05) is 5.32 Å². The Balaban J connectivity index is 3.20. The van der Waals surface area contributed by atoms with Gasteiger partial charge >= 0.3 is 12.3 Å². The number of nitriles is 1. The molecule has 1 aromatic carbocycles. The summed E-state index contributed by atoms with van der Waals surface area (Å²) < 4.78 is 55.2. The van der Waals surface area contributed by atoms with Gasteiger partial charge in [-0.3, -0.25) is 5.32 Å². The Morgan fingerprint density at radius 1 is 1.47 bits per heavy atom. The highest BCUT2D eigenvalue weighted by atomic mass is 19.4. The van der Waals surface area contributed by atoms with E-state index in [9.17, 15) is 22.4 Å². The van der Waals surface area contributed by atoms with E-state index in [4.69, 9.17) is 5.26 Å². The van der Waals surface area contributed by atoms with E-state index in [0.717, 1.165) is 0 Å². The van der Waals surface area contributed by atoms with Crippen LogP contribution in [0.4, 0.5) is 28.0 Å². The quantitative estimate of drug-likeness (QED) is 0.843. The Labute approximate surface area is 105 Å². The van der Waals surface area contributed by atoms with E-state index >= 15 is 0 Å². The number of nitrogens with zero attached hydrogens (tertiary/aromatic N) is 1. The molecule has 0 aliphatic carbocycles. The molecule has 0 aromatic heterocycles. The van der Waals surface area contributed by atoms with Gasteiger partial charge in [-0.05, 0) is 19.1 Å². The van der Waals surface area contributed by atoms with Crippen LogP contribution in [0, 0.1) is 17.1 Å². The summed E-state index contributed by atoms with van der Waals surface area (Å²) in [6.45, 7) is 1.49. The minimum absolute atomic E-state index is 0.00399. The molecule has 1 amide bonds. The second-order valence-electron chi connectivity index (χ2n) is 3.34. The monoisotopic (exact) mass is 276 g/mol. The normalized spacial score (nSPS) is 10.7. The van der Waals surface area contributed by atoms with E-state index < -0.39 is 34.9 Å². The predicted molar refractivity (Wildman–Crippen MR) is 56.8 cm³/mol. The van der Waals surface area contributed by atoms with Crippen molar-refractivity contribution in [1.82, 2.24) is 0 Å². The highest BCUT2D eigenvalue weighted by Crippen LogP contribution is 2.33. The molecule has 0 atom stereocenters. The average molecular weight is 276 g/mol. The molecule has 1 rings (SSSR count). The van der Waals surface area contributed by atoms with Crippen molar-refractivity contribution in [2.45, 2.75) is 13.1 Å². The van der Waals surface area contributed by atoms with Crippen LogP contribution in [0.1, 0.15) is 18.1 Å². The van der Waals surface area contributed by atoms with Crippen LogP contribution in [-0.2, 0) is 10.9 Å². The van der Waals surface area contributed by atoms with Gasteiger partial charge in [0.05, 0.1) is 23.4 Å². The van der Waals surface area contributed by atoms with Gasteiger partial charge in [0.2, 0.25) is 0 Å². The zero-order chi connectivity index (χ0) is 14.6. The molecule has 1 aromatic rings. The topological polar surface area (TPSA) is 62.1 Å². The van der Waals surface area contributed by atoms with Gasteiger partial charge < -0.3 is 4.74 Å². The third-order valence-electron chi connectivity index (χ3n) is 2.04. The number of carbonyl (C=O) groups is 1. The summed E-state index contributed by atoms with van der Waals surface area (Å²) in [5.41, 5.74) is -2.59. The number of ether oxygens (including phenoxy) is 1. The Morgan fingerprint density at radius 3 is 2.58 bits per heavy atom. The first kappa shape index (κ1) is 14.8. The number of hydrogen-bond donors (Lipinski definition) is 1. The molecule has 0 spiro atoms. The van der Waals surface area contributed by atoms with Crippen LogP contribution in [0.5, 0.6) is 0 Å². The lowest BCUT2D eigenvalue weighted by Gasteiger charge is -2.12. The first-order valence-electron chi connectivity index (χ1n) is 5.04. The summed E-state index contributed by atoms with van der Waals surface area (Å²) in [6.07, 6.45) is -5.84. The molecule has 19 heavy (non-hydrogen) atoms. The molecule has 0 fully saturated rings. The maximum absolute atomic E-state index is 13.5. The molecular weight excluding hydrogens is 268 g/mol. The summed E-state index contributed by atoms with van der Waals surface area (Å²) in [7, 11) is 0. The van der Waals surface area contributed by atoms with Crippen LogP contribution in [0.2, 0.25) is 0 Å². The molecule has 0 aliphatic heterocycles. The molecule has 102 valence electrons. The van der Waals surface area contributed by atoms with E-state index in [1.165, 1.54) is 13.0 Å². The number of halogens is 4. The summed E-state index contributed by atoms with van der Waals surface area (Å²) in [4.78, 5) is 11.1. The van der Waals surface area contributed by atoms with Gasteiger partial charge in [0.25, 0.3) is 0 Å². The second kappa shape index (κ2) is 5.56. The molecule has 0 bridgehead atoms. The molecule has 0 radical (unpaired) electrons. The first-order chi connectivity index (χ1) is 8.79. The molecule has 0 aliphatic rings. The number of rotatable bonds is 2. The lowest BCUT2D eigenvalue weighted by molar-refractivity contribution is -0.137. The van der Waals surface area contributed by atoms with Crippen molar-refractivity contribution in [1.29, 1.82) is 5.26 Å². The number of amides is 1. The minimum Gasteiger partial charge on any atom is -0.450 e. The highest BCUT2D eigenvalue weighted by Gasteiger charge is 2.32. The zero-order valence-corrected chi connectivity index (χ0v) is 9.64. The third kappa shape index (κ3) is 3.58. The Kier molecular flexibility index (Phi) is 4.32. The van der Waals surface area contributed by atoms with Crippen molar-refractivity contribution in [3.05, 3.63) is 29.1 Å². The van der Waals surface area contributed by atoms with E-state index in [1.54, 1.807) is 0 Å². The third-order valence-corrected chi connectivity index (χ3v) is 2.04. The fourth-order valence-electron chi connectivity index (χ4n) is 1.25. The van der Waals surface area contributed by atoms with Crippen molar-refractivity contribution in [2.75, 3.05) is 11.9 Å². The van der Waals surface area contributed by atoms with Crippen LogP contribution >= 0.6 is 0 Å². The van der Waals surface area contributed by atoms with E-state index in [0.29, 0.717) is 6.07 Å². The molecule has 4 nitrogen and oxygen atoms in total. The van der Waals surface area contributed by atoms with Crippen LogP contribution in [0.25, 0.3) is 0 Å². The predicted octanol–water partition coefficient (Wildman–Crippen LogP) is 3.28. The van der Waals surface area contributed by atoms with Crippen LogP contribution in [0.15, 0.2) is 12.1 Å². The largest absolute Gasteiger partial charge is 0.450 e. The van der Waals surface area contributed by atoms with Gasteiger partial charge in [-0.2, -0.15) is 18.4 Å². The summed E-state index contributed by atoms with van der Waals surface area (Å²) in [6, 6.07) is 2.03. The molecule has 0 saturated carbocycles. The molecule has 0 unspecified atom stereocenters. The smallest absolute Gasteiger partial charge is 0.416 e. The molecule has 8 heteroatoms. The van der Waals surface area contributed by atoms with Gasteiger partial charge in [-0.1, -0.05) is 0 Å². The minimum atomic E-state index is -4.78. The van der Waals surface area contributed by atoms with E-state index in [2.05, 4.69) is 4.74 Å². The summed E-state index contributed by atoms with van der Waals surface area (Å²) >= 11 is 0. The number of alkyl halides is 3. The van der Waals surface area contributed by atoms with Gasteiger partial charge in [0, 0.05) is 0 Å². The lowest BCUT2D eigenvalue weighted by atomic mass is 10.1. The van der Waals surface area contributed by atoms with Gasteiger partial charge in [-0.25, -0.2) is 9.18 Å². The zero-order valence-electron chi connectivity index (χ0n) is 9.64. The van der Waals surface area contributed by atoms with Gasteiger partial charge in [-0.15, -0.1) is 0 Å². The standard InChI is InChI=1S/C11H8F4N2O2/c1-2-19-10(18)17-9-6(5-16)3-7(4-8(9)12)11(13,14)15/h3-4H,2H2,1H3,(H,17,18). The fraction of sp³-hybridized carbons (Fsp3) is 0.273. The Morgan fingerprint density at radius 2 is 2.11 bits per heavy atom. The lowest BCUT2D eigenvalue weighted by Crippen LogP contribution is -2.16. The fourth-order valence-corrected chi connectivity index (χ4v) is 1.25.